The Morgan fingerprint density at radius 3 is 2.59 bits per heavy atom. The number of aromatic nitrogens is 2. The number of carbonyl (C=O) groups excluding carboxylic acids is 1. The molecule has 0 atom stereocenters. The molecule has 32 heavy (non-hydrogen) atoms. The van der Waals surface area contributed by atoms with Crippen LogP contribution in [0.15, 0.2) is 65.5 Å². The molecular formula is C23H18ClN3O4S. The van der Waals surface area contributed by atoms with Gasteiger partial charge in [-0.15, -0.1) is 0 Å². The highest BCUT2D eigenvalue weighted by molar-refractivity contribution is 7.07. The summed E-state index contributed by atoms with van der Waals surface area (Å²) in [5, 5.41) is 23.8. The minimum Gasteiger partial charge on any atom is -0.508 e. The van der Waals surface area contributed by atoms with Crippen molar-refractivity contribution in [1.82, 2.24) is 9.97 Å². The van der Waals surface area contributed by atoms with Gasteiger partial charge < -0.3 is 19.8 Å². The van der Waals surface area contributed by atoms with E-state index in [0.717, 1.165) is 17.2 Å². The molecule has 4 aromatic rings. The fourth-order valence-corrected chi connectivity index (χ4v) is 3.99. The van der Waals surface area contributed by atoms with E-state index >= 15 is 0 Å². The van der Waals surface area contributed by atoms with Gasteiger partial charge in [-0.1, -0.05) is 12.1 Å². The molecule has 2 aromatic carbocycles. The number of phenols is 2. The summed E-state index contributed by atoms with van der Waals surface area (Å²) in [7, 11) is 1.52. The zero-order valence-corrected chi connectivity index (χ0v) is 18.5. The summed E-state index contributed by atoms with van der Waals surface area (Å²) < 4.78 is 5.33. The van der Waals surface area contributed by atoms with Gasteiger partial charge >= 0.3 is 0 Å². The quantitative estimate of drug-likeness (QED) is 0.382. The van der Waals surface area contributed by atoms with Crippen molar-refractivity contribution in [3.8, 4) is 28.5 Å². The van der Waals surface area contributed by atoms with Crippen LogP contribution in [0.1, 0.15) is 15.9 Å². The number of rotatable bonds is 6. The van der Waals surface area contributed by atoms with Gasteiger partial charge in [0, 0.05) is 17.3 Å². The molecule has 2 heterocycles. The van der Waals surface area contributed by atoms with Crippen LogP contribution in [0.4, 0.5) is 5.69 Å². The standard InChI is InChI=1S/C23H18ClN3O4S/c1-31-20-11-25-23(24)26-21(20)15-2-4-16(5-3-15)27(12-14-8-9-32-13-14)22(30)18-7-6-17(28)10-19(18)29/h2-11,13,28-29H,12H2,1H3. The topological polar surface area (TPSA) is 95.8 Å². The van der Waals surface area contributed by atoms with Crippen LogP contribution in [0.2, 0.25) is 5.28 Å². The van der Waals surface area contributed by atoms with Gasteiger partial charge in [-0.2, -0.15) is 11.3 Å². The molecule has 0 spiro atoms. The molecule has 2 N–H and O–H groups in total. The second kappa shape index (κ2) is 9.25. The number of hydrogen-bond donors (Lipinski definition) is 2. The van der Waals surface area contributed by atoms with Crippen LogP contribution in [-0.4, -0.2) is 33.2 Å². The number of methoxy groups -OCH3 is 1. The Hall–Kier alpha value is -3.62. The van der Waals surface area contributed by atoms with Crippen molar-refractivity contribution >= 4 is 34.5 Å². The van der Waals surface area contributed by atoms with Crippen LogP contribution in [0.5, 0.6) is 17.2 Å². The Bertz CT molecular complexity index is 1250. The molecule has 162 valence electrons. The maximum Gasteiger partial charge on any atom is 0.262 e. The highest BCUT2D eigenvalue weighted by Crippen LogP contribution is 2.32. The van der Waals surface area contributed by atoms with E-state index in [4.69, 9.17) is 16.3 Å². The predicted molar refractivity (Wildman–Crippen MR) is 124 cm³/mol. The molecular weight excluding hydrogens is 450 g/mol. The first-order valence-electron chi connectivity index (χ1n) is 9.48. The van der Waals surface area contributed by atoms with Crippen LogP contribution < -0.4 is 9.64 Å². The lowest BCUT2D eigenvalue weighted by molar-refractivity contribution is 0.0982. The maximum absolute atomic E-state index is 13.3. The van der Waals surface area contributed by atoms with E-state index in [1.54, 1.807) is 29.2 Å². The Kier molecular flexibility index (Phi) is 6.25. The molecule has 0 aliphatic carbocycles. The fraction of sp³-hybridized carbons (Fsp3) is 0.0870. The summed E-state index contributed by atoms with van der Waals surface area (Å²) >= 11 is 7.48. The first-order chi connectivity index (χ1) is 15.5. The number of phenolic OH excluding ortho intramolecular Hbond substituents is 2. The highest BCUT2D eigenvalue weighted by atomic mass is 35.5. The summed E-state index contributed by atoms with van der Waals surface area (Å²) in [6.45, 7) is 0.310. The lowest BCUT2D eigenvalue weighted by atomic mass is 10.1. The Balaban J connectivity index is 1.72. The lowest BCUT2D eigenvalue weighted by Gasteiger charge is -2.23. The van der Waals surface area contributed by atoms with Crippen LogP contribution in [0.3, 0.4) is 0 Å². The molecule has 0 aliphatic heterocycles. The smallest absolute Gasteiger partial charge is 0.262 e. The van der Waals surface area contributed by atoms with Crippen LogP contribution in [0, 0.1) is 0 Å². The molecule has 7 nitrogen and oxygen atoms in total. The van der Waals surface area contributed by atoms with Crippen molar-refractivity contribution in [2.24, 2.45) is 0 Å². The Morgan fingerprint density at radius 1 is 1.16 bits per heavy atom. The number of amides is 1. The van der Waals surface area contributed by atoms with Gasteiger partial charge in [0.15, 0.2) is 5.75 Å². The molecule has 0 aliphatic rings. The number of benzene rings is 2. The number of hydrogen-bond acceptors (Lipinski definition) is 7. The number of thiophene rings is 1. The molecule has 0 saturated heterocycles. The van der Waals surface area contributed by atoms with Crippen molar-refractivity contribution < 1.29 is 19.7 Å². The molecule has 2 aromatic heterocycles. The third-order valence-electron chi connectivity index (χ3n) is 4.78. The molecule has 1 amide bonds. The SMILES string of the molecule is COc1cnc(Cl)nc1-c1ccc(N(Cc2ccsc2)C(=O)c2ccc(O)cc2O)cc1. The molecule has 0 bridgehead atoms. The largest absolute Gasteiger partial charge is 0.508 e. The fourth-order valence-electron chi connectivity index (χ4n) is 3.20. The van der Waals surface area contributed by atoms with Gasteiger partial charge in [0.1, 0.15) is 17.2 Å². The number of halogens is 1. The van der Waals surface area contributed by atoms with Gasteiger partial charge in [0.2, 0.25) is 5.28 Å². The number of aromatic hydroxyl groups is 2. The third-order valence-corrected chi connectivity index (χ3v) is 5.69. The van der Waals surface area contributed by atoms with Crippen molar-refractivity contribution in [3.05, 3.63) is 81.9 Å². The van der Waals surface area contributed by atoms with Gasteiger partial charge in [-0.25, -0.2) is 9.97 Å². The first-order valence-corrected chi connectivity index (χ1v) is 10.8. The summed E-state index contributed by atoms with van der Waals surface area (Å²) in [6, 6.07) is 13.0. The monoisotopic (exact) mass is 467 g/mol. The van der Waals surface area contributed by atoms with E-state index in [1.165, 1.54) is 36.8 Å². The summed E-state index contributed by atoms with van der Waals surface area (Å²) in [5.74, 6) is -0.334. The Morgan fingerprint density at radius 2 is 1.94 bits per heavy atom. The van der Waals surface area contributed by atoms with E-state index < -0.39 is 5.91 Å². The van der Waals surface area contributed by atoms with E-state index in [1.807, 2.05) is 16.8 Å². The second-order valence-electron chi connectivity index (χ2n) is 6.83. The minimum atomic E-state index is -0.399. The van der Waals surface area contributed by atoms with Crippen LogP contribution in [-0.2, 0) is 6.54 Å². The average molecular weight is 468 g/mol. The first kappa shape index (κ1) is 21.6. The predicted octanol–water partition coefficient (Wildman–Crippen LogP) is 5.13. The van der Waals surface area contributed by atoms with E-state index in [0.29, 0.717) is 23.7 Å². The van der Waals surface area contributed by atoms with Crippen molar-refractivity contribution in [2.45, 2.75) is 6.54 Å². The van der Waals surface area contributed by atoms with E-state index in [9.17, 15) is 15.0 Å². The zero-order chi connectivity index (χ0) is 22.7. The minimum absolute atomic E-state index is 0.0892. The highest BCUT2D eigenvalue weighted by Gasteiger charge is 2.22. The van der Waals surface area contributed by atoms with E-state index in [2.05, 4.69) is 9.97 Å². The summed E-state index contributed by atoms with van der Waals surface area (Å²) in [5.41, 5.74) is 2.94. The van der Waals surface area contributed by atoms with Crippen molar-refractivity contribution in [3.63, 3.8) is 0 Å². The van der Waals surface area contributed by atoms with Gasteiger partial charge in [-0.05, 0) is 58.3 Å². The molecule has 0 unspecified atom stereocenters. The summed E-state index contributed by atoms with van der Waals surface area (Å²) in [4.78, 5) is 23.1. The number of carbonyl (C=O) groups is 1. The average Bonchev–Trinajstić information content (AvgIpc) is 3.30. The summed E-state index contributed by atoms with van der Waals surface area (Å²) in [6.07, 6.45) is 1.50. The van der Waals surface area contributed by atoms with Gasteiger partial charge in [0.25, 0.3) is 5.91 Å². The van der Waals surface area contributed by atoms with E-state index in [-0.39, 0.29) is 22.3 Å². The van der Waals surface area contributed by atoms with Crippen LogP contribution in [0.25, 0.3) is 11.3 Å². The zero-order valence-electron chi connectivity index (χ0n) is 16.9. The molecule has 0 radical (unpaired) electrons. The second-order valence-corrected chi connectivity index (χ2v) is 7.95. The van der Waals surface area contributed by atoms with Crippen molar-refractivity contribution in [1.29, 1.82) is 0 Å². The number of ether oxygens (including phenoxy) is 1. The van der Waals surface area contributed by atoms with Crippen molar-refractivity contribution in [2.75, 3.05) is 12.0 Å². The van der Waals surface area contributed by atoms with Gasteiger partial charge in [0.05, 0.1) is 25.4 Å². The molecule has 0 fully saturated rings. The molecule has 9 heteroatoms. The van der Waals surface area contributed by atoms with Gasteiger partial charge in [-0.3, -0.25) is 4.79 Å². The third kappa shape index (κ3) is 4.51. The number of nitrogens with zero attached hydrogens (tertiary/aromatic N) is 3. The Labute approximate surface area is 193 Å². The lowest BCUT2D eigenvalue weighted by Crippen LogP contribution is -2.30. The van der Waals surface area contributed by atoms with Crippen LogP contribution >= 0.6 is 22.9 Å². The molecule has 4 rings (SSSR count). The molecule has 0 saturated carbocycles. The maximum atomic E-state index is 13.3. The number of anilines is 1. The normalized spacial score (nSPS) is 10.7.